The zero-order valence-electron chi connectivity index (χ0n) is 13.6. The number of rotatable bonds is 8. The fourth-order valence-corrected chi connectivity index (χ4v) is 2.47. The number of nitrogens with two attached hydrogens (primary N) is 2. The summed E-state index contributed by atoms with van der Waals surface area (Å²) < 4.78 is 0. The third kappa shape index (κ3) is 4.18. The molecule has 24 heavy (non-hydrogen) atoms. The lowest BCUT2D eigenvalue weighted by atomic mass is 10.2. The Labute approximate surface area is 142 Å². The van der Waals surface area contributed by atoms with E-state index < -0.39 is 0 Å². The third-order valence-corrected chi connectivity index (χ3v) is 3.68. The Balaban J connectivity index is 2.33. The number of nitrogen functional groups attached to an aromatic ring is 2. The molecule has 0 aliphatic heterocycles. The predicted molar refractivity (Wildman–Crippen MR) is 99.7 cm³/mol. The first-order valence-corrected chi connectivity index (χ1v) is 7.73. The van der Waals surface area contributed by atoms with Gasteiger partial charge in [0.2, 0.25) is 0 Å². The van der Waals surface area contributed by atoms with Crippen molar-refractivity contribution < 1.29 is 10.2 Å². The van der Waals surface area contributed by atoms with Crippen LogP contribution >= 0.6 is 0 Å². The van der Waals surface area contributed by atoms with Gasteiger partial charge in [-0.15, -0.1) is 0 Å². The quantitative estimate of drug-likeness (QED) is 0.550. The van der Waals surface area contributed by atoms with Crippen molar-refractivity contribution in [3.8, 4) is 0 Å². The Morgan fingerprint density at radius 3 is 1.38 bits per heavy atom. The molecule has 0 aliphatic rings. The zero-order valence-corrected chi connectivity index (χ0v) is 13.6. The molecule has 0 heterocycles. The van der Waals surface area contributed by atoms with Gasteiger partial charge < -0.3 is 31.5 Å². The normalized spacial score (nSPS) is 10.4. The molecule has 2 aromatic rings. The molecule has 0 aliphatic carbocycles. The molecular weight excluding hydrogens is 304 g/mol. The monoisotopic (exact) mass is 328 g/mol. The van der Waals surface area contributed by atoms with Gasteiger partial charge in [0.15, 0.2) is 0 Å². The lowest BCUT2D eigenvalue weighted by Crippen LogP contribution is -2.38. The van der Waals surface area contributed by atoms with Gasteiger partial charge in [-0.2, -0.15) is 0 Å². The van der Waals surface area contributed by atoms with Crippen LogP contribution in [-0.4, -0.2) is 36.5 Å². The highest BCUT2D eigenvalue weighted by Crippen LogP contribution is 2.26. The molecule has 0 saturated carbocycles. The maximum absolute atomic E-state index is 9.43. The largest absolute Gasteiger partial charge is 0.399 e. The average molecular weight is 328 g/mol. The highest BCUT2D eigenvalue weighted by atomic mass is 16.3. The predicted octanol–water partition coefficient (Wildman–Crippen LogP) is 1.62. The molecule has 128 valence electrons. The van der Waals surface area contributed by atoms with Crippen LogP contribution in [0.3, 0.4) is 0 Å². The minimum Gasteiger partial charge on any atom is -0.399 e. The van der Waals surface area contributed by atoms with Crippen LogP contribution in [-0.2, 0) is 0 Å². The van der Waals surface area contributed by atoms with Crippen LogP contribution < -0.4 is 21.3 Å². The van der Waals surface area contributed by atoms with Crippen LogP contribution in [0, 0.1) is 0 Å². The highest BCUT2D eigenvalue weighted by molar-refractivity contribution is 5.63. The van der Waals surface area contributed by atoms with E-state index in [1.54, 1.807) is 24.3 Å². The lowest BCUT2D eigenvalue weighted by Gasteiger charge is -2.35. The van der Waals surface area contributed by atoms with Gasteiger partial charge in [-0.05, 0) is 48.5 Å². The first kappa shape index (κ1) is 17.7. The molecule has 0 aromatic heterocycles. The summed E-state index contributed by atoms with van der Waals surface area (Å²) in [6.45, 7) is 4.85. The van der Waals surface area contributed by atoms with Crippen LogP contribution in [0.1, 0.15) is 0 Å². The Bertz CT molecular complexity index is 598. The van der Waals surface area contributed by atoms with Crippen molar-refractivity contribution in [3.63, 3.8) is 0 Å². The molecule has 0 spiro atoms. The molecule has 0 radical (unpaired) electrons. The number of nitrogens with zero attached hydrogens (tertiary/aromatic N) is 2. The molecule has 6 heteroatoms. The Kier molecular flexibility index (Phi) is 6.06. The second kappa shape index (κ2) is 8.24. The Morgan fingerprint density at radius 1 is 0.750 bits per heavy atom. The topological polar surface area (TPSA) is 99.0 Å². The summed E-state index contributed by atoms with van der Waals surface area (Å²) >= 11 is 0. The van der Waals surface area contributed by atoms with E-state index in [-0.39, 0.29) is 13.2 Å². The van der Waals surface area contributed by atoms with Crippen LogP contribution in [0.25, 0.3) is 0 Å². The molecule has 2 rings (SSSR count). The first-order chi connectivity index (χ1) is 11.6. The molecular formula is C18H24N4O2. The van der Waals surface area contributed by atoms with Crippen LogP contribution in [0.2, 0.25) is 0 Å². The Hall–Kier alpha value is -2.70. The molecule has 0 amide bonds. The number of aliphatic hydroxyl groups excluding tert-OH is 2. The lowest BCUT2D eigenvalue weighted by molar-refractivity contribution is 0.299. The fourth-order valence-electron chi connectivity index (χ4n) is 2.47. The van der Waals surface area contributed by atoms with E-state index in [1.807, 2.05) is 34.1 Å². The number of benzene rings is 2. The van der Waals surface area contributed by atoms with Gasteiger partial charge >= 0.3 is 0 Å². The zero-order chi connectivity index (χ0) is 17.5. The number of hydrogen-bond donors (Lipinski definition) is 4. The molecule has 6 nitrogen and oxygen atoms in total. The van der Waals surface area contributed by atoms with Gasteiger partial charge in [0, 0.05) is 35.8 Å². The van der Waals surface area contributed by atoms with Crippen molar-refractivity contribution in [1.29, 1.82) is 0 Å². The van der Waals surface area contributed by atoms with E-state index >= 15 is 0 Å². The molecule has 0 bridgehead atoms. The summed E-state index contributed by atoms with van der Waals surface area (Å²) in [5.41, 5.74) is 14.5. The van der Waals surface area contributed by atoms with Gasteiger partial charge in [0.1, 0.15) is 5.82 Å². The van der Waals surface area contributed by atoms with Crippen molar-refractivity contribution >= 4 is 22.7 Å². The van der Waals surface area contributed by atoms with Gasteiger partial charge in [0.25, 0.3) is 0 Å². The summed E-state index contributed by atoms with van der Waals surface area (Å²) in [5.74, 6) is 0.646. The van der Waals surface area contributed by atoms with E-state index in [0.29, 0.717) is 30.3 Å². The SMILES string of the molecule is C=C(N(CCO)c1ccc(N)cc1)N(CCO)c1ccc(N)cc1. The Morgan fingerprint density at radius 2 is 1.08 bits per heavy atom. The highest BCUT2D eigenvalue weighted by Gasteiger charge is 2.17. The van der Waals surface area contributed by atoms with E-state index in [2.05, 4.69) is 6.58 Å². The van der Waals surface area contributed by atoms with Crippen molar-refractivity contribution in [3.05, 3.63) is 60.9 Å². The second-order valence-electron chi connectivity index (χ2n) is 5.35. The van der Waals surface area contributed by atoms with Crippen LogP contribution in [0.5, 0.6) is 0 Å². The minimum atomic E-state index is -0.0297. The van der Waals surface area contributed by atoms with Crippen molar-refractivity contribution in [2.24, 2.45) is 0 Å². The molecule has 0 atom stereocenters. The van der Waals surface area contributed by atoms with Gasteiger partial charge in [-0.3, -0.25) is 0 Å². The van der Waals surface area contributed by atoms with Gasteiger partial charge in [-0.1, -0.05) is 6.58 Å². The summed E-state index contributed by atoms with van der Waals surface area (Å²) in [6.07, 6.45) is 0. The third-order valence-electron chi connectivity index (χ3n) is 3.68. The number of aliphatic hydroxyl groups is 2. The molecule has 0 saturated heterocycles. The van der Waals surface area contributed by atoms with Crippen molar-refractivity contribution in [2.75, 3.05) is 47.6 Å². The molecule has 0 unspecified atom stereocenters. The minimum absolute atomic E-state index is 0.0297. The van der Waals surface area contributed by atoms with Gasteiger partial charge in [0.05, 0.1) is 13.2 Å². The summed E-state index contributed by atoms with van der Waals surface area (Å²) in [4.78, 5) is 3.76. The molecule has 6 N–H and O–H groups in total. The first-order valence-electron chi connectivity index (χ1n) is 7.73. The van der Waals surface area contributed by atoms with Crippen molar-refractivity contribution in [2.45, 2.75) is 0 Å². The van der Waals surface area contributed by atoms with E-state index in [4.69, 9.17) is 11.5 Å². The summed E-state index contributed by atoms with van der Waals surface area (Å²) in [7, 11) is 0. The van der Waals surface area contributed by atoms with Crippen LogP contribution in [0.4, 0.5) is 22.7 Å². The number of anilines is 4. The number of hydrogen-bond acceptors (Lipinski definition) is 6. The van der Waals surface area contributed by atoms with Crippen LogP contribution in [0.15, 0.2) is 60.9 Å². The summed E-state index contributed by atoms with van der Waals surface area (Å²) in [6, 6.07) is 14.7. The molecule has 0 fully saturated rings. The average Bonchev–Trinajstić information content (AvgIpc) is 2.59. The standard InChI is InChI=1S/C18H24N4O2/c1-14(21(10-12-23)17-6-2-15(19)3-7-17)22(11-13-24)18-8-4-16(20)5-9-18/h2-9,23-24H,1,10-13,19-20H2. The maximum atomic E-state index is 9.43. The second-order valence-corrected chi connectivity index (χ2v) is 5.35. The van der Waals surface area contributed by atoms with E-state index in [9.17, 15) is 10.2 Å². The fraction of sp³-hybridized carbons (Fsp3) is 0.222. The van der Waals surface area contributed by atoms with Crippen molar-refractivity contribution in [1.82, 2.24) is 0 Å². The van der Waals surface area contributed by atoms with E-state index in [0.717, 1.165) is 11.4 Å². The van der Waals surface area contributed by atoms with E-state index in [1.165, 1.54) is 0 Å². The summed E-state index contributed by atoms with van der Waals surface area (Å²) in [5, 5.41) is 18.9. The maximum Gasteiger partial charge on any atom is 0.106 e. The molecule has 2 aromatic carbocycles. The smallest absolute Gasteiger partial charge is 0.106 e. The van der Waals surface area contributed by atoms with Gasteiger partial charge in [-0.25, -0.2) is 0 Å².